The lowest BCUT2D eigenvalue weighted by molar-refractivity contribution is 0.0767. The second kappa shape index (κ2) is 8.27. The van der Waals surface area contributed by atoms with E-state index in [1.54, 1.807) is 0 Å². The molecule has 0 aromatic carbocycles. The van der Waals surface area contributed by atoms with Crippen LogP contribution in [0.3, 0.4) is 0 Å². The molecule has 7 heteroatoms. The predicted molar refractivity (Wildman–Crippen MR) is 117 cm³/mol. The minimum atomic E-state index is 0. The van der Waals surface area contributed by atoms with Gasteiger partial charge in [0.1, 0.15) is 5.82 Å². The van der Waals surface area contributed by atoms with Crippen LogP contribution >= 0.6 is 24.0 Å². The van der Waals surface area contributed by atoms with Gasteiger partial charge in [-0.3, -0.25) is 4.99 Å². The maximum atomic E-state index is 6.11. The predicted octanol–water partition coefficient (Wildman–Crippen LogP) is 2.45. The molecule has 3 saturated heterocycles. The molecule has 4 aliphatic rings. The molecule has 150 valence electrons. The van der Waals surface area contributed by atoms with Crippen molar-refractivity contribution >= 4 is 29.9 Å². The number of likely N-dealkylation sites (tertiary alicyclic amines) is 1. The number of fused-ring (bicyclic) bond motifs is 6. The molecule has 0 spiro atoms. The van der Waals surface area contributed by atoms with E-state index in [0.29, 0.717) is 12.2 Å². The molecule has 2 bridgehead atoms. The summed E-state index contributed by atoms with van der Waals surface area (Å²) < 4.78 is 8.45. The fraction of sp³-hybridized carbons (Fsp3) is 0.800. The van der Waals surface area contributed by atoms with Crippen LogP contribution in [0.5, 0.6) is 0 Å². The Morgan fingerprint density at radius 1 is 1.26 bits per heavy atom. The Morgan fingerprint density at radius 2 is 2.04 bits per heavy atom. The summed E-state index contributed by atoms with van der Waals surface area (Å²) in [6, 6.07) is 0. The van der Waals surface area contributed by atoms with Crippen molar-refractivity contribution < 1.29 is 4.74 Å². The number of nitrogens with one attached hydrogen (secondary N) is 1. The van der Waals surface area contributed by atoms with Gasteiger partial charge in [-0.1, -0.05) is 0 Å². The Morgan fingerprint density at radius 3 is 2.74 bits per heavy atom. The van der Waals surface area contributed by atoms with Crippen molar-refractivity contribution in [3.8, 4) is 0 Å². The lowest BCUT2D eigenvalue weighted by Crippen LogP contribution is -2.41. The maximum Gasteiger partial charge on any atom is 0.193 e. The van der Waals surface area contributed by atoms with Crippen molar-refractivity contribution in [1.82, 2.24) is 19.8 Å². The van der Waals surface area contributed by atoms with Gasteiger partial charge in [-0.2, -0.15) is 0 Å². The van der Waals surface area contributed by atoms with Gasteiger partial charge in [-0.25, -0.2) is 4.98 Å². The molecule has 6 nitrogen and oxygen atoms in total. The van der Waals surface area contributed by atoms with Crippen LogP contribution in [0.2, 0.25) is 0 Å². The highest BCUT2D eigenvalue weighted by Crippen LogP contribution is 2.47. The van der Waals surface area contributed by atoms with E-state index >= 15 is 0 Å². The summed E-state index contributed by atoms with van der Waals surface area (Å²) in [5.74, 6) is 3.80. The molecule has 27 heavy (non-hydrogen) atoms. The molecular formula is C20H32IN5O. The third-order valence-corrected chi connectivity index (χ3v) is 6.68. The number of aromatic nitrogens is 2. The maximum absolute atomic E-state index is 6.11. The van der Waals surface area contributed by atoms with Crippen molar-refractivity contribution in [2.75, 3.05) is 26.2 Å². The van der Waals surface area contributed by atoms with E-state index in [0.717, 1.165) is 63.4 Å². The Bertz CT molecular complexity index is 648. The summed E-state index contributed by atoms with van der Waals surface area (Å²) in [5.41, 5.74) is 1.20. The molecule has 5 heterocycles. The molecular weight excluding hydrogens is 453 g/mol. The van der Waals surface area contributed by atoms with E-state index in [9.17, 15) is 0 Å². The molecule has 4 aliphatic heterocycles. The standard InChI is InChI=1S/C20H31N5O.HI/c1-2-21-20(25-12-15-16(13-25)18-7-6-17(15)26-18)22-9-8-14-11-24-10-4-3-5-19(24)23-14;/h11,15-18H,2-10,12-13H2,1H3,(H,21,22);1H. The number of halogens is 1. The molecule has 5 rings (SSSR count). The average Bonchev–Trinajstić information content (AvgIpc) is 3.40. The van der Waals surface area contributed by atoms with E-state index in [4.69, 9.17) is 14.7 Å². The van der Waals surface area contributed by atoms with Crippen LogP contribution in [0.15, 0.2) is 11.2 Å². The molecule has 0 saturated carbocycles. The van der Waals surface area contributed by atoms with Crippen LogP contribution in [-0.4, -0.2) is 58.8 Å². The highest BCUT2D eigenvalue weighted by Gasteiger charge is 2.53. The van der Waals surface area contributed by atoms with Crippen molar-refractivity contribution in [3.05, 3.63) is 17.7 Å². The number of guanidine groups is 1. The second-order valence-electron chi connectivity index (χ2n) is 8.31. The van der Waals surface area contributed by atoms with E-state index in [-0.39, 0.29) is 24.0 Å². The smallest absolute Gasteiger partial charge is 0.193 e. The number of nitrogens with zero attached hydrogens (tertiary/aromatic N) is 4. The number of imidazole rings is 1. The zero-order valence-electron chi connectivity index (χ0n) is 16.3. The third-order valence-electron chi connectivity index (χ3n) is 6.68. The quantitative estimate of drug-likeness (QED) is 0.405. The van der Waals surface area contributed by atoms with Gasteiger partial charge in [0.15, 0.2) is 5.96 Å². The van der Waals surface area contributed by atoms with Gasteiger partial charge in [-0.15, -0.1) is 24.0 Å². The molecule has 4 atom stereocenters. The largest absolute Gasteiger partial charge is 0.374 e. The summed E-state index contributed by atoms with van der Waals surface area (Å²) in [5, 5.41) is 3.51. The van der Waals surface area contributed by atoms with E-state index in [1.165, 1.54) is 37.2 Å². The summed E-state index contributed by atoms with van der Waals surface area (Å²) in [4.78, 5) is 12.2. The first kappa shape index (κ1) is 19.5. The number of hydrogen-bond donors (Lipinski definition) is 1. The fourth-order valence-electron chi connectivity index (χ4n) is 5.43. The lowest BCUT2D eigenvalue weighted by atomic mass is 9.82. The van der Waals surface area contributed by atoms with Crippen molar-refractivity contribution in [2.24, 2.45) is 16.8 Å². The van der Waals surface area contributed by atoms with Crippen molar-refractivity contribution in [1.29, 1.82) is 0 Å². The summed E-state index contributed by atoms with van der Waals surface area (Å²) in [7, 11) is 0. The Balaban J connectivity index is 0.00000180. The highest BCUT2D eigenvalue weighted by molar-refractivity contribution is 14.0. The van der Waals surface area contributed by atoms with Crippen LogP contribution in [0.25, 0.3) is 0 Å². The normalized spacial score (nSPS) is 31.6. The topological polar surface area (TPSA) is 54.7 Å². The van der Waals surface area contributed by atoms with Crippen LogP contribution in [0.1, 0.15) is 44.1 Å². The molecule has 1 N–H and O–H groups in total. The zero-order chi connectivity index (χ0) is 17.5. The van der Waals surface area contributed by atoms with Crippen molar-refractivity contribution in [2.45, 2.75) is 64.2 Å². The number of rotatable bonds is 4. The van der Waals surface area contributed by atoms with E-state index in [2.05, 4.69) is 27.9 Å². The molecule has 0 amide bonds. The first-order valence-electron chi connectivity index (χ1n) is 10.6. The first-order valence-corrected chi connectivity index (χ1v) is 10.6. The van der Waals surface area contributed by atoms with Gasteiger partial charge >= 0.3 is 0 Å². The van der Waals surface area contributed by atoms with Crippen LogP contribution < -0.4 is 5.32 Å². The van der Waals surface area contributed by atoms with Crippen LogP contribution in [0, 0.1) is 11.8 Å². The lowest BCUT2D eigenvalue weighted by Gasteiger charge is -2.23. The summed E-state index contributed by atoms with van der Waals surface area (Å²) in [6.45, 7) is 7.24. The van der Waals surface area contributed by atoms with Gasteiger partial charge in [0.25, 0.3) is 0 Å². The minimum absolute atomic E-state index is 0. The molecule has 1 aromatic heterocycles. The number of hydrogen-bond acceptors (Lipinski definition) is 3. The van der Waals surface area contributed by atoms with Crippen molar-refractivity contribution in [3.63, 3.8) is 0 Å². The average molecular weight is 485 g/mol. The molecule has 4 unspecified atom stereocenters. The molecule has 3 fully saturated rings. The number of aryl methyl sites for hydroxylation is 2. The highest BCUT2D eigenvalue weighted by atomic mass is 127. The third kappa shape index (κ3) is 3.73. The molecule has 1 aromatic rings. The monoisotopic (exact) mass is 485 g/mol. The fourth-order valence-corrected chi connectivity index (χ4v) is 5.43. The first-order chi connectivity index (χ1) is 12.8. The van der Waals surface area contributed by atoms with Gasteiger partial charge in [0, 0.05) is 63.6 Å². The molecule has 0 radical (unpaired) electrons. The van der Waals surface area contributed by atoms with Gasteiger partial charge < -0.3 is 19.5 Å². The summed E-state index contributed by atoms with van der Waals surface area (Å²) in [6.07, 6.45) is 10.4. The Labute approximate surface area is 179 Å². The number of aliphatic imine (C=N–C) groups is 1. The van der Waals surface area contributed by atoms with Crippen LogP contribution in [-0.2, 0) is 24.1 Å². The van der Waals surface area contributed by atoms with Crippen LogP contribution in [0.4, 0.5) is 0 Å². The van der Waals surface area contributed by atoms with Gasteiger partial charge in [-0.05, 0) is 32.6 Å². The van der Waals surface area contributed by atoms with Gasteiger partial charge in [0.05, 0.1) is 17.9 Å². The molecule has 0 aliphatic carbocycles. The minimum Gasteiger partial charge on any atom is -0.374 e. The number of ether oxygens (including phenoxy) is 1. The SMILES string of the molecule is CCNC(=NCCc1cn2c(n1)CCCC2)N1CC2C3CCC(O3)C2C1.I. The Kier molecular flexibility index (Phi) is 5.97. The second-order valence-corrected chi connectivity index (χ2v) is 8.31. The Hall–Kier alpha value is -0.830. The summed E-state index contributed by atoms with van der Waals surface area (Å²) >= 11 is 0. The van der Waals surface area contributed by atoms with Gasteiger partial charge in [0.2, 0.25) is 0 Å². The van der Waals surface area contributed by atoms with E-state index < -0.39 is 0 Å². The van der Waals surface area contributed by atoms with E-state index in [1.807, 2.05) is 0 Å². The zero-order valence-corrected chi connectivity index (χ0v) is 18.6.